The standard InChI is InChI=1S/C26H33ClN6O6/c1-14-23(22-15(2)32-39-16(22)3)30-25(20-9-19(5-6-21(20)27)38-13-18(34)11-28-4)31-24(14)29-10-17-12-37-8-7-33(17)26(35)36/h5-6,9,17-18,28,34H,7-8,10-13H2,1-4H3,(H,35,36)(H,29,30,31)/t17?,18-/m0/s1. The molecular formula is C26H33ClN6O6. The monoisotopic (exact) mass is 560 g/mol. The van der Waals surface area contributed by atoms with Gasteiger partial charge < -0.3 is 34.8 Å². The molecule has 1 aromatic carbocycles. The Morgan fingerprint density at radius 1 is 1.31 bits per heavy atom. The van der Waals surface area contributed by atoms with Crippen LogP contribution >= 0.6 is 11.6 Å². The second-order valence-electron chi connectivity index (χ2n) is 9.32. The number of carbonyl (C=O) groups is 1. The van der Waals surface area contributed by atoms with E-state index in [1.54, 1.807) is 25.2 Å². The molecule has 3 heterocycles. The van der Waals surface area contributed by atoms with E-state index in [4.69, 9.17) is 35.6 Å². The number of aromatic nitrogens is 3. The Balaban J connectivity index is 1.72. The van der Waals surface area contributed by atoms with Crippen LogP contribution in [0.4, 0.5) is 10.6 Å². The molecule has 0 radical (unpaired) electrons. The van der Waals surface area contributed by atoms with Crippen LogP contribution in [0.1, 0.15) is 17.0 Å². The van der Waals surface area contributed by atoms with Crippen LogP contribution in [-0.2, 0) is 4.74 Å². The highest BCUT2D eigenvalue weighted by Crippen LogP contribution is 2.36. The number of morpholine rings is 1. The number of carboxylic acid groups (broad SMARTS) is 1. The van der Waals surface area contributed by atoms with Crippen molar-refractivity contribution in [3.63, 3.8) is 0 Å². The first kappa shape index (κ1) is 28.6. The van der Waals surface area contributed by atoms with Gasteiger partial charge in [-0.2, -0.15) is 0 Å². The van der Waals surface area contributed by atoms with Crippen LogP contribution in [0.5, 0.6) is 5.75 Å². The number of hydrogen-bond donors (Lipinski definition) is 4. The third-order valence-electron chi connectivity index (χ3n) is 6.46. The Bertz CT molecular complexity index is 1300. The molecule has 12 nitrogen and oxygen atoms in total. The average Bonchev–Trinajstić information content (AvgIpc) is 3.25. The van der Waals surface area contributed by atoms with E-state index in [1.165, 1.54) is 4.90 Å². The zero-order chi connectivity index (χ0) is 28.1. The van der Waals surface area contributed by atoms with E-state index in [2.05, 4.69) is 15.8 Å². The number of aryl methyl sites for hydroxylation is 2. The Hall–Kier alpha value is -3.45. The molecule has 4 N–H and O–H groups in total. The van der Waals surface area contributed by atoms with E-state index in [9.17, 15) is 15.0 Å². The van der Waals surface area contributed by atoms with Gasteiger partial charge in [0.2, 0.25) is 0 Å². The summed E-state index contributed by atoms with van der Waals surface area (Å²) in [6.45, 7) is 7.23. The highest BCUT2D eigenvalue weighted by molar-refractivity contribution is 6.33. The lowest BCUT2D eigenvalue weighted by atomic mass is 10.0. The topological polar surface area (TPSA) is 155 Å². The van der Waals surface area contributed by atoms with E-state index in [1.807, 2.05) is 20.8 Å². The molecule has 1 saturated heterocycles. The Kier molecular flexibility index (Phi) is 9.23. The number of aliphatic hydroxyl groups is 1. The fraction of sp³-hybridized carbons (Fsp3) is 0.462. The minimum absolute atomic E-state index is 0.0946. The van der Waals surface area contributed by atoms with E-state index < -0.39 is 12.2 Å². The van der Waals surface area contributed by atoms with Crippen molar-refractivity contribution in [1.82, 2.24) is 25.3 Å². The van der Waals surface area contributed by atoms with Crippen molar-refractivity contribution in [1.29, 1.82) is 0 Å². The SMILES string of the molecule is CNC[C@H](O)COc1ccc(Cl)c(-c2nc(NCC3COCCN3C(=O)O)c(C)c(-c3c(C)noc3C)n2)c1. The van der Waals surface area contributed by atoms with Gasteiger partial charge >= 0.3 is 6.09 Å². The van der Waals surface area contributed by atoms with Crippen LogP contribution in [-0.4, -0.2) is 95.0 Å². The fourth-order valence-electron chi connectivity index (χ4n) is 4.42. The summed E-state index contributed by atoms with van der Waals surface area (Å²) in [6, 6.07) is 4.73. The van der Waals surface area contributed by atoms with Gasteiger partial charge in [0.1, 0.15) is 30.0 Å². The lowest BCUT2D eigenvalue weighted by Crippen LogP contribution is -2.51. The summed E-state index contributed by atoms with van der Waals surface area (Å²) >= 11 is 6.59. The summed E-state index contributed by atoms with van der Waals surface area (Å²) in [7, 11) is 1.75. The van der Waals surface area contributed by atoms with E-state index >= 15 is 0 Å². The number of hydrogen-bond acceptors (Lipinski definition) is 10. The first-order chi connectivity index (χ1) is 18.7. The number of likely N-dealkylation sites (N-methyl/N-ethyl adjacent to an activating group) is 1. The van der Waals surface area contributed by atoms with Crippen LogP contribution in [0.15, 0.2) is 22.7 Å². The van der Waals surface area contributed by atoms with Crippen molar-refractivity contribution in [3.8, 4) is 28.4 Å². The first-order valence-electron chi connectivity index (χ1n) is 12.6. The summed E-state index contributed by atoms with van der Waals surface area (Å²) in [6.07, 6.45) is -1.68. The molecular weight excluding hydrogens is 528 g/mol. The van der Waals surface area contributed by atoms with E-state index in [0.29, 0.717) is 64.8 Å². The lowest BCUT2D eigenvalue weighted by molar-refractivity contribution is 0.00443. The van der Waals surface area contributed by atoms with Gasteiger partial charge in [0, 0.05) is 30.8 Å². The van der Waals surface area contributed by atoms with Crippen molar-refractivity contribution in [3.05, 3.63) is 40.2 Å². The predicted molar refractivity (Wildman–Crippen MR) is 145 cm³/mol. The number of halogens is 1. The second kappa shape index (κ2) is 12.6. The normalized spacial score (nSPS) is 16.3. The molecule has 0 aliphatic carbocycles. The molecule has 1 aliphatic heterocycles. The summed E-state index contributed by atoms with van der Waals surface area (Å²) in [4.78, 5) is 22.7. The molecule has 1 aliphatic rings. The maximum atomic E-state index is 11.7. The largest absolute Gasteiger partial charge is 0.491 e. The highest BCUT2D eigenvalue weighted by atomic mass is 35.5. The quantitative estimate of drug-likeness (QED) is 0.289. The molecule has 0 saturated carbocycles. The molecule has 1 amide bonds. The van der Waals surface area contributed by atoms with Gasteiger partial charge in [-0.25, -0.2) is 14.8 Å². The number of rotatable bonds is 10. The first-order valence-corrected chi connectivity index (χ1v) is 13.0. The second-order valence-corrected chi connectivity index (χ2v) is 9.73. The number of aliphatic hydroxyl groups excluding tert-OH is 1. The van der Waals surface area contributed by atoms with Gasteiger partial charge in [0.15, 0.2) is 5.82 Å². The molecule has 0 spiro atoms. The number of benzene rings is 1. The number of amides is 1. The zero-order valence-electron chi connectivity index (χ0n) is 22.3. The molecule has 13 heteroatoms. The Labute approximate surface area is 231 Å². The summed E-state index contributed by atoms with van der Waals surface area (Å²) in [5, 5.41) is 30.3. The maximum absolute atomic E-state index is 11.7. The van der Waals surface area contributed by atoms with Crippen LogP contribution in [0, 0.1) is 20.8 Å². The van der Waals surface area contributed by atoms with Crippen molar-refractivity contribution < 1.29 is 29.0 Å². The number of anilines is 1. The maximum Gasteiger partial charge on any atom is 0.407 e. The van der Waals surface area contributed by atoms with Gasteiger partial charge in [-0.1, -0.05) is 16.8 Å². The van der Waals surface area contributed by atoms with Gasteiger partial charge in [-0.05, 0) is 46.0 Å². The van der Waals surface area contributed by atoms with Gasteiger partial charge in [-0.3, -0.25) is 4.90 Å². The van der Waals surface area contributed by atoms with Crippen molar-refractivity contribution >= 4 is 23.5 Å². The van der Waals surface area contributed by atoms with Crippen LogP contribution < -0.4 is 15.4 Å². The molecule has 2 aromatic heterocycles. The molecule has 3 aromatic rings. The fourth-order valence-corrected chi connectivity index (χ4v) is 4.62. The van der Waals surface area contributed by atoms with Crippen molar-refractivity contribution in [2.75, 3.05) is 51.8 Å². The summed E-state index contributed by atoms with van der Waals surface area (Å²) in [5.74, 6) is 1.95. The van der Waals surface area contributed by atoms with Crippen molar-refractivity contribution in [2.24, 2.45) is 0 Å². The predicted octanol–water partition coefficient (Wildman–Crippen LogP) is 3.13. The number of nitrogens with one attached hydrogen (secondary N) is 2. The number of nitrogens with zero attached hydrogens (tertiary/aromatic N) is 4. The Morgan fingerprint density at radius 3 is 2.79 bits per heavy atom. The molecule has 4 rings (SSSR count). The van der Waals surface area contributed by atoms with E-state index in [-0.39, 0.29) is 25.8 Å². The Morgan fingerprint density at radius 2 is 2.10 bits per heavy atom. The van der Waals surface area contributed by atoms with Gasteiger partial charge in [0.25, 0.3) is 0 Å². The zero-order valence-corrected chi connectivity index (χ0v) is 23.1. The van der Waals surface area contributed by atoms with Crippen LogP contribution in [0.2, 0.25) is 5.02 Å². The molecule has 210 valence electrons. The highest BCUT2D eigenvalue weighted by Gasteiger charge is 2.28. The number of ether oxygens (including phenoxy) is 2. The van der Waals surface area contributed by atoms with Gasteiger partial charge in [-0.15, -0.1) is 0 Å². The van der Waals surface area contributed by atoms with Crippen molar-refractivity contribution in [2.45, 2.75) is 32.9 Å². The molecule has 39 heavy (non-hydrogen) atoms. The van der Waals surface area contributed by atoms with Crippen LogP contribution in [0.3, 0.4) is 0 Å². The minimum Gasteiger partial charge on any atom is -0.491 e. The third kappa shape index (κ3) is 6.59. The molecule has 1 fully saturated rings. The smallest absolute Gasteiger partial charge is 0.407 e. The lowest BCUT2D eigenvalue weighted by Gasteiger charge is -2.33. The van der Waals surface area contributed by atoms with Gasteiger partial charge in [0.05, 0.1) is 41.2 Å². The van der Waals surface area contributed by atoms with Crippen LogP contribution in [0.25, 0.3) is 22.6 Å². The molecule has 1 unspecified atom stereocenters. The minimum atomic E-state index is -0.995. The summed E-state index contributed by atoms with van der Waals surface area (Å²) in [5.41, 5.74) is 3.30. The molecule has 2 atom stereocenters. The van der Waals surface area contributed by atoms with E-state index in [0.717, 1.165) is 11.1 Å². The third-order valence-corrected chi connectivity index (χ3v) is 6.78. The molecule has 0 bridgehead atoms. The summed E-state index contributed by atoms with van der Waals surface area (Å²) < 4.78 is 16.7. The average molecular weight is 561 g/mol.